The molecule has 1 aliphatic rings. The van der Waals surface area contributed by atoms with E-state index < -0.39 is 0 Å². The molecule has 0 aromatic heterocycles. The molecular formula is C15H19N. The fourth-order valence-corrected chi connectivity index (χ4v) is 2.45. The predicted molar refractivity (Wildman–Crippen MR) is 67.9 cm³/mol. The number of nitrogens with zero attached hydrogens (tertiary/aromatic N) is 1. The van der Waals surface area contributed by atoms with E-state index in [0.717, 1.165) is 13.0 Å². The first-order chi connectivity index (χ1) is 7.90. The van der Waals surface area contributed by atoms with Crippen LogP contribution in [0, 0.1) is 12.3 Å². The number of rotatable bonds is 3. The highest BCUT2D eigenvalue weighted by Crippen LogP contribution is 2.21. The molecule has 0 bridgehead atoms. The van der Waals surface area contributed by atoms with Gasteiger partial charge in [0, 0.05) is 19.0 Å². The summed E-state index contributed by atoms with van der Waals surface area (Å²) in [5.41, 5.74) is 1.39. The Kier molecular flexibility index (Phi) is 4.02. The maximum absolute atomic E-state index is 5.44. The van der Waals surface area contributed by atoms with Crippen molar-refractivity contribution in [3.63, 3.8) is 0 Å². The zero-order chi connectivity index (χ0) is 11.2. The summed E-state index contributed by atoms with van der Waals surface area (Å²) in [5.74, 6) is 2.81. The van der Waals surface area contributed by atoms with Crippen molar-refractivity contribution < 1.29 is 0 Å². The smallest absolute Gasteiger partial charge is 0.0243 e. The van der Waals surface area contributed by atoms with Crippen molar-refractivity contribution in [2.45, 2.75) is 38.3 Å². The van der Waals surface area contributed by atoms with Gasteiger partial charge in [-0.05, 0) is 24.9 Å². The molecule has 0 radical (unpaired) electrons. The second-order valence-corrected chi connectivity index (χ2v) is 4.51. The minimum atomic E-state index is 0.596. The molecule has 2 rings (SSSR count). The molecule has 1 atom stereocenters. The number of terminal acetylenes is 1. The number of benzene rings is 1. The molecular weight excluding hydrogens is 194 g/mol. The van der Waals surface area contributed by atoms with E-state index >= 15 is 0 Å². The first-order valence-electron chi connectivity index (χ1n) is 6.11. The summed E-state index contributed by atoms with van der Waals surface area (Å²) in [6.45, 7) is 2.24. The molecule has 1 nitrogen and oxygen atoms in total. The highest BCUT2D eigenvalue weighted by molar-refractivity contribution is 5.14. The summed E-state index contributed by atoms with van der Waals surface area (Å²) >= 11 is 0. The highest BCUT2D eigenvalue weighted by Gasteiger charge is 2.21. The van der Waals surface area contributed by atoms with Crippen LogP contribution in [0.1, 0.15) is 31.2 Å². The van der Waals surface area contributed by atoms with Gasteiger partial charge in [-0.2, -0.15) is 0 Å². The molecule has 1 aromatic carbocycles. The van der Waals surface area contributed by atoms with Crippen LogP contribution in [0.25, 0.3) is 0 Å². The Morgan fingerprint density at radius 3 is 2.81 bits per heavy atom. The third-order valence-electron chi connectivity index (χ3n) is 3.33. The lowest BCUT2D eigenvalue weighted by Gasteiger charge is -2.34. The van der Waals surface area contributed by atoms with Gasteiger partial charge in [0.1, 0.15) is 0 Å². The Labute approximate surface area is 98.5 Å². The van der Waals surface area contributed by atoms with E-state index in [4.69, 9.17) is 6.42 Å². The normalized spacial score (nSPS) is 21.6. The summed E-state index contributed by atoms with van der Waals surface area (Å²) in [6.07, 6.45) is 10.2. The lowest BCUT2D eigenvalue weighted by atomic mass is 9.99. The molecule has 1 aliphatic heterocycles. The number of piperidine rings is 1. The molecule has 0 spiro atoms. The molecule has 0 amide bonds. The molecule has 1 heterocycles. The third kappa shape index (κ3) is 2.87. The van der Waals surface area contributed by atoms with Gasteiger partial charge in [-0.15, -0.1) is 12.3 Å². The largest absolute Gasteiger partial charge is 0.295 e. The van der Waals surface area contributed by atoms with Gasteiger partial charge < -0.3 is 0 Å². The molecule has 1 saturated heterocycles. The molecule has 0 N–H and O–H groups in total. The second-order valence-electron chi connectivity index (χ2n) is 4.51. The second kappa shape index (κ2) is 5.72. The summed E-state index contributed by atoms with van der Waals surface area (Å²) in [5, 5.41) is 0. The average Bonchev–Trinajstić information content (AvgIpc) is 2.33. The van der Waals surface area contributed by atoms with Crippen LogP contribution in [-0.2, 0) is 6.54 Å². The van der Waals surface area contributed by atoms with Gasteiger partial charge in [0.25, 0.3) is 0 Å². The predicted octanol–water partition coefficient (Wildman–Crippen LogP) is 3.06. The van der Waals surface area contributed by atoms with E-state index in [1.807, 2.05) is 0 Å². The summed E-state index contributed by atoms with van der Waals surface area (Å²) in [7, 11) is 0. The molecule has 1 fully saturated rings. The lowest BCUT2D eigenvalue weighted by Crippen LogP contribution is -2.38. The summed E-state index contributed by atoms with van der Waals surface area (Å²) in [4.78, 5) is 2.54. The SMILES string of the molecule is C#CCC1CCCCN1Cc1ccccc1. The van der Waals surface area contributed by atoms with Crippen LogP contribution >= 0.6 is 0 Å². The van der Waals surface area contributed by atoms with Gasteiger partial charge in [0.15, 0.2) is 0 Å². The van der Waals surface area contributed by atoms with Crippen molar-refractivity contribution in [2.24, 2.45) is 0 Å². The minimum Gasteiger partial charge on any atom is -0.295 e. The van der Waals surface area contributed by atoms with Crippen LogP contribution in [-0.4, -0.2) is 17.5 Å². The molecule has 1 unspecified atom stereocenters. The summed E-state index contributed by atoms with van der Waals surface area (Å²) in [6, 6.07) is 11.3. The lowest BCUT2D eigenvalue weighted by molar-refractivity contribution is 0.143. The van der Waals surface area contributed by atoms with Crippen LogP contribution in [0.3, 0.4) is 0 Å². The minimum absolute atomic E-state index is 0.596. The van der Waals surface area contributed by atoms with E-state index in [9.17, 15) is 0 Å². The maximum Gasteiger partial charge on any atom is 0.0243 e. The Bertz CT molecular complexity index is 349. The van der Waals surface area contributed by atoms with E-state index in [2.05, 4.69) is 41.2 Å². The Balaban J connectivity index is 1.99. The first-order valence-corrected chi connectivity index (χ1v) is 6.11. The van der Waals surface area contributed by atoms with Crippen LogP contribution in [0.2, 0.25) is 0 Å². The zero-order valence-electron chi connectivity index (χ0n) is 9.73. The first kappa shape index (κ1) is 11.2. The van der Waals surface area contributed by atoms with Crippen molar-refractivity contribution in [2.75, 3.05) is 6.54 Å². The van der Waals surface area contributed by atoms with Gasteiger partial charge in [-0.3, -0.25) is 4.90 Å². The van der Waals surface area contributed by atoms with Crippen molar-refractivity contribution in [3.8, 4) is 12.3 Å². The molecule has 16 heavy (non-hydrogen) atoms. The number of hydrogen-bond donors (Lipinski definition) is 0. The zero-order valence-corrected chi connectivity index (χ0v) is 9.73. The van der Waals surface area contributed by atoms with Gasteiger partial charge in [0.2, 0.25) is 0 Å². The van der Waals surface area contributed by atoms with Crippen LogP contribution in [0.4, 0.5) is 0 Å². The average molecular weight is 213 g/mol. The van der Waals surface area contributed by atoms with Crippen molar-refractivity contribution >= 4 is 0 Å². The fraction of sp³-hybridized carbons (Fsp3) is 0.467. The standard InChI is InChI=1S/C15H19N/c1-2-8-15-11-6-7-12-16(15)13-14-9-4-3-5-10-14/h1,3-5,9-10,15H,6-8,11-13H2. The summed E-state index contributed by atoms with van der Waals surface area (Å²) < 4.78 is 0. The highest BCUT2D eigenvalue weighted by atomic mass is 15.2. The topological polar surface area (TPSA) is 3.24 Å². The molecule has 1 aromatic rings. The van der Waals surface area contributed by atoms with E-state index in [1.165, 1.54) is 31.4 Å². The van der Waals surface area contributed by atoms with E-state index in [1.54, 1.807) is 0 Å². The Morgan fingerprint density at radius 2 is 2.06 bits per heavy atom. The Hall–Kier alpha value is -1.26. The monoisotopic (exact) mass is 213 g/mol. The number of hydrogen-bond acceptors (Lipinski definition) is 1. The Morgan fingerprint density at radius 1 is 1.25 bits per heavy atom. The van der Waals surface area contributed by atoms with E-state index in [0.29, 0.717) is 6.04 Å². The van der Waals surface area contributed by atoms with Crippen molar-refractivity contribution in [3.05, 3.63) is 35.9 Å². The van der Waals surface area contributed by atoms with Crippen molar-refractivity contribution in [1.29, 1.82) is 0 Å². The fourth-order valence-electron chi connectivity index (χ4n) is 2.45. The van der Waals surface area contributed by atoms with Gasteiger partial charge in [0.05, 0.1) is 0 Å². The van der Waals surface area contributed by atoms with Crippen molar-refractivity contribution in [1.82, 2.24) is 4.90 Å². The van der Waals surface area contributed by atoms with Gasteiger partial charge in [-0.25, -0.2) is 0 Å². The third-order valence-corrected chi connectivity index (χ3v) is 3.33. The van der Waals surface area contributed by atoms with Gasteiger partial charge >= 0.3 is 0 Å². The number of likely N-dealkylation sites (tertiary alicyclic amines) is 1. The van der Waals surface area contributed by atoms with Gasteiger partial charge in [-0.1, -0.05) is 36.8 Å². The van der Waals surface area contributed by atoms with Crippen LogP contribution in [0.5, 0.6) is 0 Å². The molecule has 0 saturated carbocycles. The molecule has 1 heteroatoms. The molecule has 0 aliphatic carbocycles. The van der Waals surface area contributed by atoms with Crippen LogP contribution in [0.15, 0.2) is 30.3 Å². The maximum atomic E-state index is 5.44. The van der Waals surface area contributed by atoms with E-state index in [-0.39, 0.29) is 0 Å². The quantitative estimate of drug-likeness (QED) is 0.697. The van der Waals surface area contributed by atoms with Crippen LogP contribution < -0.4 is 0 Å². The molecule has 84 valence electrons.